The van der Waals surface area contributed by atoms with Crippen LogP contribution in [-0.2, 0) is 25.7 Å². The Morgan fingerprint density at radius 3 is 2.35 bits per heavy atom. The van der Waals surface area contributed by atoms with Gasteiger partial charge >= 0.3 is 0 Å². The number of hydrogen-bond acceptors (Lipinski definition) is 0. The SMILES string of the molecule is CCCc1ccc(CCC2CCc3c(ccc(F)c3F)C2)cc1. The van der Waals surface area contributed by atoms with Gasteiger partial charge in [-0.05, 0) is 72.8 Å². The second-order valence-electron chi connectivity index (χ2n) is 6.71. The molecule has 1 aliphatic rings. The first-order valence-corrected chi connectivity index (χ1v) is 8.71. The third-order valence-electron chi connectivity index (χ3n) is 5.01. The smallest absolute Gasteiger partial charge is 0.162 e. The molecule has 1 unspecified atom stereocenters. The van der Waals surface area contributed by atoms with Crippen molar-refractivity contribution in [2.24, 2.45) is 5.92 Å². The van der Waals surface area contributed by atoms with Crippen LogP contribution in [0.15, 0.2) is 36.4 Å². The normalized spacial score (nSPS) is 17.1. The number of aryl methyl sites for hydroxylation is 2. The minimum atomic E-state index is -0.714. The van der Waals surface area contributed by atoms with Crippen LogP contribution in [0.2, 0.25) is 0 Å². The Kier molecular flexibility index (Phi) is 5.09. The summed E-state index contributed by atoms with van der Waals surface area (Å²) >= 11 is 0. The lowest BCUT2D eigenvalue weighted by Gasteiger charge is -2.25. The fourth-order valence-electron chi connectivity index (χ4n) is 3.63. The summed E-state index contributed by atoms with van der Waals surface area (Å²) < 4.78 is 27.1. The van der Waals surface area contributed by atoms with Crippen LogP contribution >= 0.6 is 0 Å². The van der Waals surface area contributed by atoms with Crippen LogP contribution < -0.4 is 0 Å². The zero-order valence-electron chi connectivity index (χ0n) is 13.7. The lowest BCUT2D eigenvalue weighted by atomic mass is 9.81. The van der Waals surface area contributed by atoms with Crippen molar-refractivity contribution in [1.29, 1.82) is 0 Å². The Bertz CT molecular complexity index is 658. The summed E-state index contributed by atoms with van der Waals surface area (Å²) in [5.74, 6) is -0.774. The van der Waals surface area contributed by atoms with Crippen molar-refractivity contribution in [3.05, 3.63) is 70.3 Å². The molecule has 122 valence electrons. The van der Waals surface area contributed by atoms with Crippen LogP contribution in [0.1, 0.15) is 48.4 Å². The van der Waals surface area contributed by atoms with Gasteiger partial charge in [-0.3, -0.25) is 0 Å². The Morgan fingerprint density at radius 1 is 0.957 bits per heavy atom. The van der Waals surface area contributed by atoms with E-state index in [4.69, 9.17) is 0 Å². The van der Waals surface area contributed by atoms with E-state index in [2.05, 4.69) is 31.2 Å². The van der Waals surface area contributed by atoms with Crippen LogP contribution in [0.4, 0.5) is 8.78 Å². The summed E-state index contributed by atoms with van der Waals surface area (Å²) in [4.78, 5) is 0. The highest BCUT2D eigenvalue weighted by Crippen LogP contribution is 2.31. The molecule has 0 N–H and O–H groups in total. The maximum absolute atomic E-state index is 13.8. The molecule has 0 nitrogen and oxygen atoms in total. The molecule has 2 heteroatoms. The van der Waals surface area contributed by atoms with Crippen molar-refractivity contribution in [1.82, 2.24) is 0 Å². The molecule has 0 saturated heterocycles. The second-order valence-corrected chi connectivity index (χ2v) is 6.71. The highest BCUT2D eigenvalue weighted by molar-refractivity contribution is 5.32. The second kappa shape index (κ2) is 7.25. The molecule has 1 atom stereocenters. The lowest BCUT2D eigenvalue weighted by Crippen LogP contribution is -2.17. The summed E-state index contributed by atoms with van der Waals surface area (Å²) in [6, 6.07) is 12.0. The molecule has 0 saturated carbocycles. The van der Waals surface area contributed by atoms with E-state index in [1.807, 2.05) is 0 Å². The molecule has 2 aromatic carbocycles. The van der Waals surface area contributed by atoms with Gasteiger partial charge in [0, 0.05) is 0 Å². The van der Waals surface area contributed by atoms with Gasteiger partial charge in [0.2, 0.25) is 0 Å². The van der Waals surface area contributed by atoms with Gasteiger partial charge < -0.3 is 0 Å². The molecule has 0 fully saturated rings. The molecule has 0 heterocycles. The highest BCUT2D eigenvalue weighted by atomic mass is 19.2. The summed E-state index contributed by atoms with van der Waals surface area (Å²) in [5, 5.41) is 0. The molecule has 0 bridgehead atoms. The molecule has 3 rings (SSSR count). The molecule has 0 spiro atoms. The summed E-state index contributed by atoms with van der Waals surface area (Å²) in [5.41, 5.74) is 4.38. The van der Waals surface area contributed by atoms with E-state index in [1.165, 1.54) is 23.6 Å². The van der Waals surface area contributed by atoms with Gasteiger partial charge in [-0.1, -0.05) is 43.7 Å². The summed E-state index contributed by atoms with van der Waals surface area (Å²) in [6.45, 7) is 2.20. The van der Waals surface area contributed by atoms with Gasteiger partial charge in [0.05, 0.1) is 0 Å². The monoisotopic (exact) mass is 314 g/mol. The maximum atomic E-state index is 13.8. The van der Waals surface area contributed by atoms with Crippen LogP contribution in [0.5, 0.6) is 0 Å². The minimum Gasteiger partial charge on any atom is -0.204 e. The van der Waals surface area contributed by atoms with Gasteiger partial charge in [0.1, 0.15) is 0 Å². The predicted molar refractivity (Wildman–Crippen MR) is 90.6 cm³/mol. The van der Waals surface area contributed by atoms with Crippen molar-refractivity contribution in [2.75, 3.05) is 0 Å². The molecular formula is C21H24F2. The number of hydrogen-bond donors (Lipinski definition) is 0. The fourth-order valence-corrected chi connectivity index (χ4v) is 3.63. The summed E-state index contributed by atoms with van der Waals surface area (Å²) in [6.07, 6.45) is 7.00. The van der Waals surface area contributed by atoms with Crippen molar-refractivity contribution in [3.63, 3.8) is 0 Å². The average Bonchev–Trinajstić information content (AvgIpc) is 2.58. The van der Waals surface area contributed by atoms with Gasteiger partial charge in [-0.2, -0.15) is 0 Å². The maximum Gasteiger partial charge on any atom is 0.162 e. The predicted octanol–water partition coefficient (Wildman–Crippen LogP) is 5.66. The van der Waals surface area contributed by atoms with E-state index < -0.39 is 11.6 Å². The quantitative estimate of drug-likeness (QED) is 0.668. The Labute approximate surface area is 137 Å². The van der Waals surface area contributed by atoms with Crippen molar-refractivity contribution in [3.8, 4) is 0 Å². The lowest BCUT2D eigenvalue weighted by molar-refractivity contribution is 0.409. The molecule has 2 aromatic rings. The van der Waals surface area contributed by atoms with E-state index >= 15 is 0 Å². The molecule has 0 aromatic heterocycles. The number of rotatable bonds is 5. The molecule has 0 aliphatic heterocycles. The third-order valence-corrected chi connectivity index (χ3v) is 5.01. The fraction of sp³-hybridized carbons (Fsp3) is 0.429. The zero-order valence-corrected chi connectivity index (χ0v) is 13.7. The first-order chi connectivity index (χ1) is 11.2. The number of halogens is 2. The van der Waals surface area contributed by atoms with E-state index in [0.29, 0.717) is 17.9 Å². The number of fused-ring (bicyclic) bond motifs is 1. The van der Waals surface area contributed by atoms with Crippen molar-refractivity contribution < 1.29 is 8.78 Å². The van der Waals surface area contributed by atoms with Crippen molar-refractivity contribution >= 4 is 0 Å². The topological polar surface area (TPSA) is 0 Å². The molecule has 0 amide bonds. The molecule has 1 aliphatic carbocycles. The highest BCUT2D eigenvalue weighted by Gasteiger charge is 2.22. The largest absolute Gasteiger partial charge is 0.204 e. The Hall–Kier alpha value is -1.70. The Balaban J connectivity index is 1.58. The van der Waals surface area contributed by atoms with Gasteiger partial charge in [-0.25, -0.2) is 8.78 Å². The van der Waals surface area contributed by atoms with Gasteiger partial charge in [0.25, 0.3) is 0 Å². The average molecular weight is 314 g/mol. The summed E-state index contributed by atoms with van der Waals surface area (Å²) in [7, 11) is 0. The van der Waals surface area contributed by atoms with Crippen LogP contribution in [0.25, 0.3) is 0 Å². The van der Waals surface area contributed by atoms with E-state index in [9.17, 15) is 8.78 Å². The molecular weight excluding hydrogens is 290 g/mol. The van der Waals surface area contributed by atoms with Crippen LogP contribution in [0, 0.1) is 17.6 Å². The molecule has 0 radical (unpaired) electrons. The first kappa shape index (κ1) is 16.2. The number of benzene rings is 2. The molecule has 23 heavy (non-hydrogen) atoms. The Morgan fingerprint density at radius 2 is 1.65 bits per heavy atom. The zero-order chi connectivity index (χ0) is 16.2. The van der Waals surface area contributed by atoms with Crippen molar-refractivity contribution in [2.45, 2.75) is 51.9 Å². The van der Waals surface area contributed by atoms with Gasteiger partial charge in [0.15, 0.2) is 11.6 Å². The van der Waals surface area contributed by atoms with E-state index in [0.717, 1.165) is 37.7 Å². The van der Waals surface area contributed by atoms with Crippen LogP contribution in [-0.4, -0.2) is 0 Å². The van der Waals surface area contributed by atoms with E-state index in [-0.39, 0.29) is 0 Å². The third kappa shape index (κ3) is 3.80. The minimum absolute atomic E-state index is 0.572. The first-order valence-electron chi connectivity index (χ1n) is 8.71. The van der Waals surface area contributed by atoms with Gasteiger partial charge in [-0.15, -0.1) is 0 Å². The van der Waals surface area contributed by atoms with E-state index in [1.54, 1.807) is 6.07 Å². The van der Waals surface area contributed by atoms with Crippen LogP contribution in [0.3, 0.4) is 0 Å². The standard InChI is InChI=1S/C21H24F2/c1-2-3-15-4-6-16(7-5-15)8-9-17-10-12-19-18(14-17)11-13-20(22)21(19)23/h4-7,11,13,17H,2-3,8-10,12,14H2,1H3.